The minimum absolute atomic E-state index is 0.00628. The van der Waals surface area contributed by atoms with Gasteiger partial charge in [-0.3, -0.25) is 4.79 Å². The van der Waals surface area contributed by atoms with Crippen LogP contribution >= 0.6 is 0 Å². The molecule has 0 bridgehead atoms. The highest BCUT2D eigenvalue weighted by atomic mass is 32.2. The fourth-order valence-corrected chi connectivity index (χ4v) is 4.49. The van der Waals surface area contributed by atoms with Crippen molar-refractivity contribution in [2.24, 2.45) is 0 Å². The second-order valence-corrected chi connectivity index (χ2v) is 9.37. The highest BCUT2D eigenvalue weighted by molar-refractivity contribution is 7.91. The zero-order chi connectivity index (χ0) is 20.0. The highest BCUT2D eigenvalue weighted by Crippen LogP contribution is 2.25. The predicted molar refractivity (Wildman–Crippen MR) is 110 cm³/mol. The van der Waals surface area contributed by atoms with Gasteiger partial charge in [-0.25, -0.2) is 8.42 Å². The van der Waals surface area contributed by atoms with E-state index in [2.05, 4.69) is 5.32 Å². The molecule has 1 N–H and O–H groups in total. The van der Waals surface area contributed by atoms with E-state index in [4.69, 9.17) is 4.74 Å². The van der Waals surface area contributed by atoms with E-state index >= 15 is 0 Å². The van der Waals surface area contributed by atoms with E-state index in [9.17, 15) is 13.2 Å². The quantitative estimate of drug-likeness (QED) is 0.713. The lowest BCUT2D eigenvalue weighted by Crippen LogP contribution is -2.16. The Bertz CT molecular complexity index is 918. The zero-order valence-electron chi connectivity index (χ0n) is 16.2. The lowest BCUT2D eigenvalue weighted by Gasteiger charge is -2.14. The molecule has 1 amide bonds. The molecule has 0 aliphatic heterocycles. The molecule has 1 aliphatic carbocycles. The van der Waals surface area contributed by atoms with E-state index in [1.54, 1.807) is 25.1 Å². The van der Waals surface area contributed by atoms with E-state index in [1.807, 2.05) is 24.3 Å². The van der Waals surface area contributed by atoms with Gasteiger partial charge in [0.2, 0.25) is 5.91 Å². The number of anilines is 1. The maximum absolute atomic E-state index is 12.4. The monoisotopic (exact) mass is 401 g/mol. The molecular weight excluding hydrogens is 374 g/mol. The van der Waals surface area contributed by atoms with Gasteiger partial charge in [0.05, 0.1) is 22.4 Å². The number of carbonyl (C=O) groups excluding carboxylic acids is 1. The summed E-state index contributed by atoms with van der Waals surface area (Å²) in [6, 6.07) is 14.4. The molecule has 0 spiro atoms. The molecule has 150 valence electrons. The first kappa shape index (κ1) is 20.4. The third-order valence-electron chi connectivity index (χ3n) is 5.02. The largest absolute Gasteiger partial charge is 0.490 e. The van der Waals surface area contributed by atoms with Crippen LogP contribution < -0.4 is 10.1 Å². The maximum Gasteiger partial charge on any atom is 0.224 e. The number of carbonyl (C=O) groups is 1. The number of benzene rings is 2. The average Bonchev–Trinajstić information content (AvgIpc) is 3.20. The fourth-order valence-electron chi connectivity index (χ4n) is 3.44. The minimum Gasteiger partial charge on any atom is -0.490 e. The van der Waals surface area contributed by atoms with Crippen LogP contribution in [-0.4, -0.2) is 26.2 Å². The Hall–Kier alpha value is -2.34. The average molecular weight is 402 g/mol. The standard InChI is InChI=1S/C22H27NO4S/c1-2-28(25,26)21-13-6-5-12-20(21)23-22(24)15-14-17-8-7-11-19(16-17)27-18-9-3-4-10-18/h5-8,11-13,16,18H,2-4,9-10,14-15H2,1H3,(H,23,24). The highest BCUT2D eigenvalue weighted by Gasteiger charge is 2.18. The maximum atomic E-state index is 12.4. The fraction of sp³-hybridized carbons (Fsp3) is 0.409. The summed E-state index contributed by atoms with van der Waals surface area (Å²) in [4.78, 5) is 12.5. The van der Waals surface area contributed by atoms with Gasteiger partial charge >= 0.3 is 0 Å². The molecular formula is C22H27NO4S. The van der Waals surface area contributed by atoms with Gasteiger partial charge in [-0.1, -0.05) is 31.2 Å². The molecule has 3 rings (SSSR count). The number of aryl methyl sites for hydroxylation is 1. The van der Waals surface area contributed by atoms with E-state index in [1.165, 1.54) is 18.9 Å². The summed E-state index contributed by atoms with van der Waals surface area (Å²) in [5, 5.41) is 2.75. The van der Waals surface area contributed by atoms with Crippen LogP contribution in [0.15, 0.2) is 53.4 Å². The number of amides is 1. The van der Waals surface area contributed by atoms with E-state index < -0.39 is 9.84 Å². The lowest BCUT2D eigenvalue weighted by molar-refractivity contribution is -0.116. The predicted octanol–water partition coefficient (Wildman–Crippen LogP) is 4.37. The van der Waals surface area contributed by atoms with Crippen LogP contribution in [0.5, 0.6) is 5.75 Å². The summed E-state index contributed by atoms with van der Waals surface area (Å²) in [7, 11) is -3.39. The minimum atomic E-state index is -3.39. The molecule has 0 atom stereocenters. The molecule has 28 heavy (non-hydrogen) atoms. The summed E-state index contributed by atoms with van der Waals surface area (Å²) in [5.41, 5.74) is 1.37. The summed E-state index contributed by atoms with van der Waals surface area (Å²) in [6.07, 6.45) is 5.79. The van der Waals surface area contributed by atoms with Crippen LogP contribution in [0.1, 0.15) is 44.6 Å². The number of rotatable bonds is 8. The molecule has 0 unspecified atom stereocenters. The molecule has 6 heteroatoms. The smallest absolute Gasteiger partial charge is 0.224 e. The van der Waals surface area contributed by atoms with Crippen LogP contribution in [0.3, 0.4) is 0 Å². The van der Waals surface area contributed by atoms with Crippen molar-refractivity contribution < 1.29 is 17.9 Å². The van der Waals surface area contributed by atoms with E-state index in [0.717, 1.165) is 24.2 Å². The molecule has 1 fully saturated rings. The number of ether oxygens (including phenoxy) is 1. The van der Waals surface area contributed by atoms with Gasteiger partial charge in [-0.15, -0.1) is 0 Å². The summed E-state index contributed by atoms with van der Waals surface area (Å²) in [5.74, 6) is 0.637. The molecule has 0 heterocycles. The number of sulfone groups is 1. The van der Waals surface area contributed by atoms with Crippen molar-refractivity contribution in [1.82, 2.24) is 0 Å². The van der Waals surface area contributed by atoms with Crippen molar-refractivity contribution in [3.8, 4) is 5.75 Å². The third-order valence-corrected chi connectivity index (χ3v) is 6.81. The van der Waals surface area contributed by atoms with Gasteiger partial charge in [-0.2, -0.15) is 0 Å². The summed E-state index contributed by atoms with van der Waals surface area (Å²) < 4.78 is 30.4. The number of para-hydroxylation sites is 1. The molecule has 0 aromatic heterocycles. The van der Waals surface area contributed by atoms with Gasteiger partial charge in [0.15, 0.2) is 9.84 Å². The Morgan fingerprint density at radius 2 is 1.86 bits per heavy atom. The van der Waals surface area contributed by atoms with Gasteiger partial charge < -0.3 is 10.1 Å². The van der Waals surface area contributed by atoms with E-state index in [0.29, 0.717) is 18.2 Å². The molecule has 1 aliphatic rings. The van der Waals surface area contributed by atoms with Crippen LogP contribution in [0.25, 0.3) is 0 Å². The van der Waals surface area contributed by atoms with Crippen LogP contribution in [0, 0.1) is 0 Å². The normalized spacial score (nSPS) is 14.8. The van der Waals surface area contributed by atoms with Gasteiger partial charge in [-0.05, 0) is 61.9 Å². The Morgan fingerprint density at radius 3 is 2.61 bits per heavy atom. The molecule has 2 aromatic carbocycles. The van der Waals surface area contributed by atoms with Gasteiger partial charge in [0.1, 0.15) is 5.75 Å². The van der Waals surface area contributed by atoms with E-state index in [-0.39, 0.29) is 23.0 Å². The first-order valence-electron chi connectivity index (χ1n) is 9.85. The van der Waals surface area contributed by atoms with Gasteiger partial charge in [0.25, 0.3) is 0 Å². The molecule has 5 nitrogen and oxygen atoms in total. The van der Waals surface area contributed by atoms with Crippen molar-refractivity contribution >= 4 is 21.4 Å². The first-order chi connectivity index (χ1) is 13.5. The van der Waals surface area contributed by atoms with Crippen molar-refractivity contribution in [3.63, 3.8) is 0 Å². The van der Waals surface area contributed by atoms with Crippen LogP contribution in [0.4, 0.5) is 5.69 Å². The number of nitrogens with one attached hydrogen (secondary N) is 1. The Balaban J connectivity index is 1.59. The molecule has 0 radical (unpaired) electrons. The zero-order valence-corrected chi connectivity index (χ0v) is 17.0. The lowest BCUT2D eigenvalue weighted by atomic mass is 10.1. The molecule has 0 saturated heterocycles. The molecule has 1 saturated carbocycles. The van der Waals surface area contributed by atoms with Crippen LogP contribution in [0.2, 0.25) is 0 Å². The number of hydrogen-bond acceptors (Lipinski definition) is 4. The van der Waals surface area contributed by atoms with Gasteiger partial charge in [0, 0.05) is 6.42 Å². The van der Waals surface area contributed by atoms with Crippen LogP contribution in [-0.2, 0) is 21.1 Å². The number of hydrogen-bond donors (Lipinski definition) is 1. The van der Waals surface area contributed by atoms with Crippen molar-refractivity contribution in [2.75, 3.05) is 11.1 Å². The summed E-state index contributed by atoms with van der Waals surface area (Å²) >= 11 is 0. The first-order valence-corrected chi connectivity index (χ1v) is 11.5. The third kappa shape index (κ3) is 5.35. The molecule has 2 aromatic rings. The topological polar surface area (TPSA) is 72.5 Å². The second kappa shape index (κ2) is 9.24. The van der Waals surface area contributed by atoms with Crippen molar-refractivity contribution in [2.45, 2.75) is 56.4 Å². The Kier molecular flexibility index (Phi) is 6.73. The second-order valence-electron chi connectivity index (χ2n) is 7.12. The Morgan fingerprint density at radius 1 is 1.11 bits per heavy atom. The van der Waals surface area contributed by atoms with Crippen molar-refractivity contribution in [3.05, 3.63) is 54.1 Å². The SMILES string of the molecule is CCS(=O)(=O)c1ccccc1NC(=O)CCc1cccc(OC2CCCC2)c1. The Labute approximate surface area is 167 Å². The summed E-state index contributed by atoms with van der Waals surface area (Å²) in [6.45, 7) is 1.59. The van der Waals surface area contributed by atoms with Crippen molar-refractivity contribution in [1.29, 1.82) is 0 Å².